The van der Waals surface area contributed by atoms with Crippen molar-refractivity contribution < 1.29 is 37.3 Å². The van der Waals surface area contributed by atoms with Gasteiger partial charge in [0.15, 0.2) is 0 Å². The molecular weight excluding hydrogens is 892 g/mol. The number of ether oxygens (including phenoxy) is 1. The molecule has 0 aromatic heterocycles. The van der Waals surface area contributed by atoms with Gasteiger partial charge in [-0.2, -0.15) is 0 Å². The Morgan fingerprint density at radius 1 is 0.514 bits per heavy atom. The predicted molar refractivity (Wildman–Crippen MR) is 298 cm³/mol. The van der Waals surface area contributed by atoms with Crippen LogP contribution in [0.15, 0.2) is 60.8 Å². The van der Waals surface area contributed by atoms with E-state index < -0.39 is 26.6 Å². The Hall–Kier alpha value is -2.29. The molecule has 70 heavy (non-hydrogen) atoms. The fraction of sp³-hybridized carbons (Fsp3) is 0.800. The Labute approximate surface area is 432 Å². The van der Waals surface area contributed by atoms with E-state index in [1.165, 1.54) is 135 Å². The summed E-state index contributed by atoms with van der Waals surface area (Å²) in [6.45, 7) is 6.69. The van der Waals surface area contributed by atoms with E-state index in [1.807, 2.05) is 33.3 Å². The summed E-state index contributed by atoms with van der Waals surface area (Å²) in [5.74, 6) is -0.565. The predicted octanol–water partition coefficient (Wildman–Crippen LogP) is 16.9. The first-order valence-electron chi connectivity index (χ1n) is 29.1. The van der Waals surface area contributed by atoms with Crippen molar-refractivity contribution in [2.24, 2.45) is 0 Å². The first-order chi connectivity index (χ1) is 33.9. The maximum Gasteiger partial charge on any atom is 0.306 e. The van der Waals surface area contributed by atoms with Gasteiger partial charge in [-0.15, -0.1) is 0 Å². The molecule has 0 bridgehead atoms. The van der Waals surface area contributed by atoms with Crippen LogP contribution in [0.3, 0.4) is 0 Å². The number of rotatable bonds is 52. The lowest BCUT2D eigenvalue weighted by atomic mass is 10.0. The monoisotopic (exact) mass is 1000 g/mol. The second-order valence-corrected chi connectivity index (χ2v) is 22.2. The number of carbonyl (C=O) groups is 2. The molecule has 0 saturated carbocycles. The summed E-state index contributed by atoms with van der Waals surface area (Å²) in [5.41, 5.74) is 0. The number of phosphoric acid groups is 1. The molecule has 0 aromatic carbocycles. The maximum absolute atomic E-state index is 13.5. The molecule has 3 unspecified atom stereocenters. The molecule has 3 atom stereocenters. The van der Waals surface area contributed by atoms with E-state index >= 15 is 0 Å². The summed E-state index contributed by atoms with van der Waals surface area (Å²) in [6, 6.07) is -0.897. The van der Waals surface area contributed by atoms with E-state index in [4.69, 9.17) is 13.8 Å². The molecule has 0 aliphatic heterocycles. The number of likely N-dealkylation sites (N-methyl/N-ethyl adjacent to an activating group) is 1. The Balaban J connectivity index is 5.30. The Morgan fingerprint density at radius 3 is 1.40 bits per heavy atom. The molecule has 10 heteroatoms. The van der Waals surface area contributed by atoms with Crippen LogP contribution >= 0.6 is 7.82 Å². The van der Waals surface area contributed by atoms with E-state index in [0.717, 1.165) is 83.5 Å². The van der Waals surface area contributed by atoms with Gasteiger partial charge in [0.1, 0.15) is 19.3 Å². The van der Waals surface area contributed by atoms with Crippen LogP contribution in [-0.4, -0.2) is 69.4 Å². The standard InChI is InChI=1S/C60H111N2O7P/c1-7-10-13-16-19-22-25-28-29-30-31-32-33-35-37-40-43-46-49-52-59(63)61-57(56-68-70(65,66)67-55-54-62(4,5)6)58(51-48-45-42-39-36-27-24-21-18-15-12-9-3)69-60(64)53-50-47-44-41-38-34-26-23-20-17-14-11-8-2/h11,14,17,20,23,26,28-29,48,51,57-58H,7-10,12-13,15-16,18-19,21-22,24-25,27,30-47,49-50,52-56H2,1-6H3,(H-,61,63,65,66)/b14-11+,20-17+,26-23-,29-28+,51-48-. The van der Waals surface area contributed by atoms with Crippen LogP contribution in [-0.2, 0) is 27.9 Å². The van der Waals surface area contributed by atoms with Crippen molar-refractivity contribution in [1.82, 2.24) is 5.32 Å². The molecule has 1 N–H and O–H groups in total. The number of amides is 1. The van der Waals surface area contributed by atoms with Gasteiger partial charge < -0.3 is 28.5 Å². The number of quaternary nitrogens is 1. The number of esters is 1. The average Bonchev–Trinajstić information content (AvgIpc) is 3.32. The molecule has 0 saturated heterocycles. The van der Waals surface area contributed by atoms with Crippen molar-refractivity contribution in [3.05, 3.63) is 60.8 Å². The van der Waals surface area contributed by atoms with Crippen molar-refractivity contribution in [2.75, 3.05) is 40.9 Å². The van der Waals surface area contributed by atoms with Crippen molar-refractivity contribution in [2.45, 2.75) is 270 Å². The number of hydrogen-bond acceptors (Lipinski definition) is 7. The topological polar surface area (TPSA) is 114 Å². The van der Waals surface area contributed by atoms with Gasteiger partial charge in [-0.25, -0.2) is 0 Å². The molecular formula is C60H111N2O7P. The third-order valence-corrected chi connectivity index (χ3v) is 13.7. The van der Waals surface area contributed by atoms with E-state index in [1.54, 1.807) is 0 Å². The van der Waals surface area contributed by atoms with E-state index in [9.17, 15) is 19.0 Å². The van der Waals surface area contributed by atoms with Crippen LogP contribution in [0.1, 0.15) is 258 Å². The number of carbonyl (C=O) groups excluding carboxylic acids is 2. The lowest BCUT2D eigenvalue weighted by Crippen LogP contribution is -2.47. The second-order valence-electron chi connectivity index (χ2n) is 20.8. The van der Waals surface area contributed by atoms with Gasteiger partial charge in [-0.3, -0.25) is 14.2 Å². The normalized spacial score (nSPS) is 14.2. The average molecular weight is 1000 g/mol. The zero-order chi connectivity index (χ0) is 51.5. The van der Waals surface area contributed by atoms with Crippen molar-refractivity contribution in [3.63, 3.8) is 0 Å². The van der Waals surface area contributed by atoms with Crippen molar-refractivity contribution in [3.8, 4) is 0 Å². The highest BCUT2D eigenvalue weighted by Gasteiger charge is 2.27. The number of allylic oxidation sites excluding steroid dienone is 9. The summed E-state index contributed by atoms with van der Waals surface area (Å²) in [5, 5.41) is 3.02. The van der Waals surface area contributed by atoms with Crippen LogP contribution in [0, 0.1) is 0 Å². The number of phosphoric ester groups is 1. The number of nitrogens with one attached hydrogen (secondary N) is 1. The zero-order valence-electron chi connectivity index (χ0n) is 46.5. The lowest BCUT2D eigenvalue weighted by Gasteiger charge is -2.30. The number of hydrogen-bond donors (Lipinski definition) is 1. The van der Waals surface area contributed by atoms with E-state index in [0.29, 0.717) is 23.9 Å². The van der Waals surface area contributed by atoms with Crippen LogP contribution < -0.4 is 10.2 Å². The molecule has 1 amide bonds. The molecule has 0 aliphatic carbocycles. The molecule has 9 nitrogen and oxygen atoms in total. The van der Waals surface area contributed by atoms with Gasteiger partial charge in [0.25, 0.3) is 7.82 Å². The van der Waals surface area contributed by atoms with Crippen molar-refractivity contribution >= 4 is 19.7 Å². The third-order valence-electron chi connectivity index (χ3n) is 12.7. The minimum atomic E-state index is -4.70. The highest BCUT2D eigenvalue weighted by molar-refractivity contribution is 7.45. The van der Waals surface area contributed by atoms with Crippen LogP contribution in [0.2, 0.25) is 0 Å². The highest BCUT2D eigenvalue weighted by atomic mass is 31.2. The van der Waals surface area contributed by atoms with Gasteiger partial charge in [-0.05, 0) is 76.7 Å². The smallest absolute Gasteiger partial charge is 0.306 e. The summed E-state index contributed by atoms with van der Waals surface area (Å²) in [7, 11) is 1.17. The van der Waals surface area contributed by atoms with Gasteiger partial charge in [-0.1, -0.05) is 230 Å². The highest BCUT2D eigenvalue weighted by Crippen LogP contribution is 2.38. The van der Waals surface area contributed by atoms with Crippen LogP contribution in [0.25, 0.3) is 0 Å². The SMILES string of the molecule is CC/C=C/C=C/C=C\CCCCCCCC(=O)OC(/C=C\CCCCCCCCCCCC)C(COP(=O)([O-])OCC[N+](C)(C)C)NC(=O)CCCCCCCCCCC/C=C/CCCCCCCC. The Bertz CT molecular complexity index is 1390. The van der Waals surface area contributed by atoms with Crippen molar-refractivity contribution in [1.29, 1.82) is 0 Å². The van der Waals surface area contributed by atoms with Crippen LogP contribution in [0.4, 0.5) is 0 Å². The number of nitrogens with zero attached hydrogens (tertiary/aromatic N) is 1. The maximum atomic E-state index is 13.5. The third kappa shape index (κ3) is 50.6. The Kier molecular flexibility index (Phi) is 48.6. The lowest BCUT2D eigenvalue weighted by molar-refractivity contribution is -0.870. The Morgan fingerprint density at radius 2 is 0.929 bits per heavy atom. The molecule has 0 heterocycles. The van der Waals surface area contributed by atoms with Gasteiger partial charge in [0.2, 0.25) is 5.91 Å². The zero-order valence-corrected chi connectivity index (χ0v) is 47.4. The second kappa shape index (κ2) is 50.3. The molecule has 0 radical (unpaired) electrons. The van der Waals surface area contributed by atoms with Gasteiger partial charge in [0, 0.05) is 12.8 Å². The fourth-order valence-electron chi connectivity index (χ4n) is 8.22. The molecule has 0 aromatic rings. The van der Waals surface area contributed by atoms with Gasteiger partial charge in [0.05, 0.1) is 33.8 Å². The quantitative estimate of drug-likeness (QED) is 0.0161. The molecule has 0 fully saturated rings. The summed E-state index contributed by atoms with van der Waals surface area (Å²) in [4.78, 5) is 39.8. The number of unbranched alkanes of at least 4 members (excludes halogenated alkanes) is 30. The first-order valence-corrected chi connectivity index (χ1v) is 30.6. The molecule has 0 spiro atoms. The fourth-order valence-corrected chi connectivity index (χ4v) is 8.95. The first kappa shape index (κ1) is 67.7. The summed E-state index contributed by atoms with van der Waals surface area (Å²) in [6.07, 6.45) is 61.8. The molecule has 0 aliphatic rings. The van der Waals surface area contributed by atoms with E-state index in [-0.39, 0.29) is 24.9 Å². The van der Waals surface area contributed by atoms with Gasteiger partial charge >= 0.3 is 5.97 Å². The minimum Gasteiger partial charge on any atom is -0.756 e. The van der Waals surface area contributed by atoms with E-state index in [2.05, 4.69) is 74.7 Å². The molecule has 0 rings (SSSR count). The summed E-state index contributed by atoms with van der Waals surface area (Å²) >= 11 is 0. The largest absolute Gasteiger partial charge is 0.756 e. The van der Waals surface area contributed by atoms with Crippen LogP contribution in [0.5, 0.6) is 0 Å². The molecule has 408 valence electrons. The minimum absolute atomic E-state index is 0.0273. The summed E-state index contributed by atoms with van der Waals surface area (Å²) < 4.78 is 30.2.